The van der Waals surface area contributed by atoms with E-state index in [2.05, 4.69) is 31.9 Å². The summed E-state index contributed by atoms with van der Waals surface area (Å²) in [5.74, 6) is -5.54. The van der Waals surface area contributed by atoms with Crippen LogP contribution in [0.3, 0.4) is 0 Å². The van der Waals surface area contributed by atoms with Gasteiger partial charge in [-0.25, -0.2) is 0 Å². The molecule has 0 aliphatic carbocycles. The average Bonchev–Trinajstić information content (AvgIpc) is 0.813. The van der Waals surface area contributed by atoms with Crippen LogP contribution in [0.2, 0.25) is 0 Å². The second-order valence-electron chi connectivity index (χ2n) is 26.4. The normalized spacial score (nSPS) is 24.7. The first-order valence-electron chi connectivity index (χ1n) is 36.1. The molecular weight excluding hydrogens is 1320 g/mol. The van der Waals surface area contributed by atoms with Crippen molar-refractivity contribution < 1.29 is 114 Å². The third-order valence-corrected chi connectivity index (χ3v) is 17.4. The van der Waals surface area contributed by atoms with Gasteiger partial charge in [-0.2, -0.15) is 0 Å². The number of rotatable bonds is 49. The minimum Gasteiger partial charge on any atom is -0.463 e. The highest BCUT2D eigenvalue weighted by Gasteiger charge is 2.50. The van der Waals surface area contributed by atoms with E-state index in [1.165, 1.54) is 62.3 Å². The zero-order valence-electron chi connectivity index (χ0n) is 61.8. The lowest BCUT2D eigenvalue weighted by atomic mass is 9.88. The van der Waals surface area contributed by atoms with Crippen molar-refractivity contribution in [1.29, 1.82) is 0 Å². The fraction of sp³-hybridized carbons (Fsp3) is 0.829. The van der Waals surface area contributed by atoms with Gasteiger partial charge in [0.1, 0.15) is 56.4 Å². The maximum atomic E-state index is 13.8. The number of nitrogens with zero attached hydrogens (tertiary/aromatic N) is 1. The lowest BCUT2D eigenvalue weighted by Crippen LogP contribution is -2.62. The van der Waals surface area contributed by atoms with Crippen molar-refractivity contribution in [1.82, 2.24) is 36.8 Å². The van der Waals surface area contributed by atoms with E-state index in [1.807, 2.05) is 11.8 Å². The molecule has 3 aliphatic rings. The predicted molar refractivity (Wildman–Crippen MR) is 364 cm³/mol. The first-order chi connectivity index (χ1) is 48.1. The van der Waals surface area contributed by atoms with E-state index in [0.717, 1.165) is 64.3 Å². The third-order valence-electron chi connectivity index (χ3n) is 17.4. The Bertz CT molecular complexity index is 2560. The van der Waals surface area contributed by atoms with Gasteiger partial charge < -0.3 is 93.6 Å². The molecule has 101 heavy (non-hydrogen) atoms. The Morgan fingerprint density at radius 3 is 1.00 bits per heavy atom. The standard InChI is InChI=1S/C70H119N7O24/c1-44-62(74-47(4)78)68(99-56(41-93-50(7)81)65(44)96-53(10)84)90-38-24-16-13-19-29-59(87)72-34-27-33-71-32-22-23-36-77(61(89)31-21-15-18-26-40-92-70-64(76-49(6)80)46(3)67(98-55(12)86)58(101-70)43-95-52(9)83)37-28-35-73-60(88)30-20-14-17-25-39-91-69-63(75-48(5)79)45(2)66(97-54(11)85)57(100-69)42-94-51(8)82/h44-46,56-58,62-71H,13-43H2,1-12H3,(H,72,87)(H,73,88)(H,74,78)(H,75,79)(H,76,80)/t44-,45-,46-,56?,57?,58?,62?,63?,64?,65-,66-,67-,68-,69-,70-/m1/s1. The molecular formula is C70H119N7O24. The quantitative estimate of drug-likeness (QED) is 0.0283. The Morgan fingerprint density at radius 1 is 0.347 bits per heavy atom. The van der Waals surface area contributed by atoms with Crippen molar-refractivity contribution in [2.24, 2.45) is 17.8 Å². The first-order valence-corrected chi connectivity index (χ1v) is 36.1. The van der Waals surface area contributed by atoms with E-state index in [9.17, 15) is 57.5 Å². The molecule has 578 valence electrons. The molecule has 0 aromatic rings. The van der Waals surface area contributed by atoms with Crippen molar-refractivity contribution in [3.8, 4) is 0 Å². The minimum atomic E-state index is -0.908. The maximum Gasteiger partial charge on any atom is 0.303 e. The molecule has 31 nitrogen and oxygen atoms in total. The number of carbonyl (C=O) groups is 12. The average molecular weight is 1440 g/mol. The minimum absolute atomic E-state index is 0.0184. The summed E-state index contributed by atoms with van der Waals surface area (Å²) in [6.07, 6.45) is 4.86. The van der Waals surface area contributed by atoms with Gasteiger partial charge in [0.05, 0.1) is 18.1 Å². The Hall–Kier alpha value is -6.64. The monoisotopic (exact) mass is 1440 g/mol. The van der Waals surface area contributed by atoms with Gasteiger partial charge in [-0.3, -0.25) is 57.5 Å². The van der Waals surface area contributed by atoms with Gasteiger partial charge in [0.25, 0.3) is 0 Å². The molecule has 0 radical (unpaired) electrons. The Balaban J connectivity index is 1.43. The van der Waals surface area contributed by atoms with Crippen LogP contribution in [-0.4, -0.2) is 229 Å². The molecule has 3 saturated heterocycles. The number of ether oxygens (including phenoxy) is 12. The van der Waals surface area contributed by atoms with Gasteiger partial charge in [-0.05, 0) is 77.3 Å². The number of hydrogen-bond acceptors (Lipinski definition) is 25. The van der Waals surface area contributed by atoms with Gasteiger partial charge in [-0.15, -0.1) is 0 Å². The van der Waals surface area contributed by atoms with E-state index in [4.69, 9.17) is 56.8 Å². The first kappa shape index (κ1) is 88.6. The molecule has 6 N–H and O–H groups in total. The highest BCUT2D eigenvalue weighted by molar-refractivity contribution is 5.77. The summed E-state index contributed by atoms with van der Waals surface area (Å²) in [5.41, 5.74) is 0. The van der Waals surface area contributed by atoms with E-state index < -0.39 is 127 Å². The summed E-state index contributed by atoms with van der Waals surface area (Å²) < 4.78 is 68.8. The van der Waals surface area contributed by atoms with Crippen LogP contribution in [0.15, 0.2) is 0 Å². The van der Waals surface area contributed by atoms with E-state index >= 15 is 0 Å². The third kappa shape index (κ3) is 36.9. The van der Waals surface area contributed by atoms with Crippen molar-refractivity contribution in [3.05, 3.63) is 0 Å². The highest BCUT2D eigenvalue weighted by Crippen LogP contribution is 2.33. The van der Waals surface area contributed by atoms with Crippen LogP contribution in [-0.2, 0) is 114 Å². The molecule has 3 rings (SSSR count). The number of esters is 6. The molecule has 15 atom stereocenters. The zero-order chi connectivity index (χ0) is 74.8. The van der Waals surface area contributed by atoms with Crippen molar-refractivity contribution in [2.45, 2.75) is 279 Å². The van der Waals surface area contributed by atoms with Gasteiger partial charge in [0.2, 0.25) is 35.4 Å². The molecule has 3 aliphatic heterocycles. The van der Waals surface area contributed by atoms with Crippen molar-refractivity contribution in [2.75, 3.05) is 78.9 Å². The molecule has 0 saturated carbocycles. The Labute approximate surface area is 595 Å². The fourth-order valence-corrected chi connectivity index (χ4v) is 12.4. The topological polar surface area (TPSA) is 391 Å². The van der Waals surface area contributed by atoms with Crippen molar-refractivity contribution >= 4 is 71.3 Å². The van der Waals surface area contributed by atoms with Crippen LogP contribution in [0, 0.1) is 17.8 Å². The molecule has 0 bridgehead atoms. The number of carbonyl (C=O) groups excluding carboxylic acids is 12. The fourth-order valence-electron chi connectivity index (χ4n) is 12.4. The molecule has 0 aromatic heterocycles. The largest absolute Gasteiger partial charge is 0.463 e. The smallest absolute Gasteiger partial charge is 0.303 e. The van der Waals surface area contributed by atoms with E-state index in [0.29, 0.717) is 104 Å². The van der Waals surface area contributed by atoms with Gasteiger partial charge in [0, 0.05) is 145 Å². The summed E-state index contributed by atoms with van der Waals surface area (Å²) in [7, 11) is 0. The molecule has 3 fully saturated rings. The van der Waals surface area contributed by atoms with E-state index in [1.54, 1.807) is 13.8 Å². The molecule has 6 amide bonds. The summed E-state index contributed by atoms with van der Waals surface area (Å²) in [5, 5.41) is 18.0. The number of hydrogen-bond donors (Lipinski definition) is 6. The molecule has 0 aromatic carbocycles. The van der Waals surface area contributed by atoms with Crippen LogP contribution in [0.5, 0.6) is 0 Å². The molecule has 3 heterocycles. The molecule has 31 heteroatoms. The summed E-state index contributed by atoms with van der Waals surface area (Å²) in [4.78, 5) is 148. The summed E-state index contributed by atoms with van der Waals surface area (Å²) in [6.45, 7) is 20.8. The van der Waals surface area contributed by atoms with Gasteiger partial charge in [0.15, 0.2) is 18.9 Å². The second-order valence-corrected chi connectivity index (χ2v) is 26.4. The van der Waals surface area contributed by atoms with Crippen LogP contribution in [0.25, 0.3) is 0 Å². The summed E-state index contributed by atoms with van der Waals surface area (Å²) in [6, 6.07) is -1.92. The SMILES string of the molecule is CC(=O)NC1[C@H](OCCCCCCC(=O)NCCCNCCCCN(CCCNC(=O)CCCCCCO[C@@H]2OC(COC(C)=O)[C@H](OC(C)=O)[C@H](C)C2NC(C)=O)C(=O)CCCCCCO[C@@H]2OC(COC(C)=O)[C@H](OC(C)=O)[C@H](C)C2NC(C)=O)OC(COC(C)=O)[C@H](OC(C)=O)[C@@H]1C. The molecule has 0 spiro atoms. The maximum absolute atomic E-state index is 13.8. The van der Waals surface area contributed by atoms with Crippen LogP contribution in [0.1, 0.15) is 205 Å². The summed E-state index contributed by atoms with van der Waals surface area (Å²) >= 11 is 0. The van der Waals surface area contributed by atoms with Crippen LogP contribution >= 0.6 is 0 Å². The lowest BCUT2D eigenvalue weighted by Gasteiger charge is -2.44. The zero-order valence-corrected chi connectivity index (χ0v) is 61.8. The number of amides is 6. The Kier molecular flexibility index (Phi) is 43.7. The second kappa shape index (κ2) is 49.9. The van der Waals surface area contributed by atoms with Gasteiger partial charge in [-0.1, -0.05) is 59.3 Å². The predicted octanol–water partition coefficient (Wildman–Crippen LogP) is 4.18. The molecule has 6 unspecified atom stereocenters. The Morgan fingerprint density at radius 2 is 0.663 bits per heavy atom. The lowest BCUT2D eigenvalue weighted by molar-refractivity contribution is -0.262. The number of unbranched alkanes of at least 4 members (excludes halogenated alkanes) is 10. The van der Waals surface area contributed by atoms with Gasteiger partial charge >= 0.3 is 35.8 Å². The highest BCUT2D eigenvalue weighted by atomic mass is 16.7. The van der Waals surface area contributed by atoms with Crippen LogP contribution in [0.4, 0.5) is 0 Å². The van der Waals surface area contributed by atoms with Crippen molar-refractivity contribution in [3.63, 3.8) is 0 Å². The van der Waals surface area contributed by atoms with E-state index in [-0.39, 0.29) is 68.5 Å². The van der Waals surface area contributed by atoms with Crippen LogP contribution < -0.4 is 31.9 Å². The number of nitrogens with one attached hydrogen (secondary N) is 6.